The van der Waals surface area contributed by atoms with E-state index < -0.39 is 28.2 Å². The maximum atomic E-state index is 13.4. The number of nitro groups is 1. The number of esters is 1. The van der Waals surface area contributed by atoms with E-state index in [1.165, 1.54) is 17.8 Å². The molecule has 2 heterocycles. The van der Waals surface area contributed by atoms with Crippen molar-refractivity contribution < 1.29 is 19.6 Å². The summed E-state index contributed by atoms with van der Waals surface area (Å²) in [5.41, 5.74) is 0.632. The first-order valence-corrected chi connectivity index (χ1v) is 10.2. The first-order chi connectivity index (χ1) is 15.3. The summed E-state index contributed by atoms with van der Waals surface area (Å²) in [5.74, 6) is -1.05. The Morgan fingerprint density at radius 1 is 1.25 bits per heavy atom. The third-order valence-electron chi connectivity index (χ3n) is 5.03. The fourth-order valence-electron chi connectivity index (χ4n) is 3.55. The zero-order chi connectivity index (χ0) is 23.0. The van der Waals surface area contributed by atoms with E-state index in [-0.39, 0.29) is 21.4 Å². The van der Waals surface area contributed by atoms with Crippen LogP contribution in [-0.2, 0) is 9.53 Å². The Bertz CT molecular complexity index is 1450. The Balaban J connectivity index is 1.98. The summed E-state index contributed by atoms with van der Waals surface area (Å²) in [6, 6.07) is 11.6. The number of fused-ring (bicyclic) bond motifs is 1. The second-order valence-electron chi connectivity index (χ2n) is 6.96. The molecule has 0 aliphatic carbocycles. The summed E-state index contributed by atoms with van der Waals surface area (Å²) in [4.78, 5) is 41.1. The number of hydrogen-bond donors (Lipinski definition) is 0. The van der Waals surface area contributed by atoms with E-state index in [4.69, 9.17) is 4.74 Å². The van der Waals surface area contributed by atoms with Crippen LogP contribution in [0.4, 0.5) is 5.69 Å². The summed E-state index contributed by atoms with van der Waals surface area (Å²) in [5, 5.41) is 23.3. The van der Waals surface area contributed by atoms with Gasteiger partial charge in [-0.15, -0.1) is 5.75 Å². The minimum atomic E-state index is -0.765. The van der Waals surface area contributed by atoms with Gasteiger partial charge in [-0.2, -0.15) is 0 Å². The van der Waals surface area contributed by atoms with Gasteiger partial charge in [0, 0.05) is 12.1 Å². The lowest BCUT2D eigenvalue weighted by molar-refractivity contribution is -0.385. The van der Waals surface area contributed by atoms with E-state index in [1.807, 2.05) is 6.07 Å². The van der Waals surface area contributed by atoms with Gasteiger partial charge in [0.15, 0.2) is 4.80 Å². The SMILES string of the molecule is COC(=O)C1=C(C)N=c2s/c(=C\c3cc([N+](=O)[O-])ccc3[O-])c(=O)n2[C@H]1c1ccccc1. The van der Waals surface area contributed by atoms with E-state index in [0.29, 0.717) is 16.1 Å². The van der Waals surface area contributed by atoms with Crippen LogP contribution in [0.2, 0.25) is 0 Å². The molecular weight excluding hydrogens is 434 g/mol. The fraction of sp³-hybridized carbons (Fsp3) is 0.136. The molecule has 1 atom stereocenters. The van der Waals surface area contributed by atoms with E-state index in [1.54, 1.807) is 31.2 Å². The van der Waals surface area contributed by atoms with Crippen LogP contribution in [0.3, 0.4) is 0 Å². The highest BCUT2D eigenvalue weighted by molar-refractivity contribution is 7.07. The number of thiazole rings is 1. The van der Waals surface area contributed by atoms with Crippen molar-refractivity contribution in [1.82, 2.24) is 4.57 Å². The Labute approximate surface area is 185 Å². The molecule has 0 saturated carbocycles. The van der Waals surface area contributed by atoms with Gasteiger partial charge < -0.3 is 9.84 Å². The third-order valence-corrected chi connectivity index (χ3v) is 6.02. The maximum Gasteiger partial charge on any atom is 0.338 e. The summed E-state index contributed by atoms with van der Waals surface area (Å²) in [6.07, 6.45) is 1.32. The van der Waals surface area contributed by atoms with Crippen molar-refractivity contribution in [2.75, 3.05) is 7.11 Å². The molecule has 0 bridgehead atoms. The number of aromatic nitrogens is 1. The average molecular weight is 450 g/mol. The molecule has 9 nitrogen and oxygen atoms in total. The molecule has 3 aromatic rings. The molecule has 0 radical (unpaired) electrons. The number of non-ortho nitro benzene ring substituents is 1. The second-order valence-corrected chi connectivity index (χ2v) is 7.97. The highest BCUT2D eigenvalue weighted by Gasteiger charge is 2.32. The van der Waals surface area contributed by atoms with Crippen molar-refractivity contribution in [1.29, 1.82) is 0 Å². The second kappa shape index (κ2) is 8.23. The zero-order valence-electron chi connectivity index (χ0n) is 17.0. The molecule has 2 aromatic carbocycles. The first-order valence-electron chi connectivity index (χ1n) is 9.43. The molecule has 10 heteroatoms. The molecule has 1 aromatic heterocycles. The molecule has 0 fully saturated rings. The summed E-state index contributed by atoms with van der Waals surface area (Å²) < 4.78 is 6.49. The number of carbonyl (C=O) groups is 1. The number of allylic oxidation sites excluding steroid dienone is 1. The molecule has 1 aliphatic rings. The van der Waals surface area contributed by atoms with Crippen molar-refractivity contribution >= 4 is 29.1 Å². The lowest BCUT2D eigenvalue weighted by Crippen LogP contribution is -2.39. The molecule has 1 aliphatic heterocycles. The van der Waals surface area contributed by atoms with E-state index >= 15 is 0 Å². The van der Waals surface area contributed by atoms with Crippen LogP contribution in [0.5, 0.6) is 5.75 Å². The molecule has 0 spiro atoms. The minimum Gasteiger partial charge on any atom is -0.872 e. The Hall–Kier alpha value is -4.05. The Morgan fingerprint density at radius 2 is 1.97 bits per heavy atom. The van der Waals surface area contributed by atoms with E-state index in [9.17, 15) is 24.8 Å². The van der Waals surface area contributed by atoms with Gasteiger partial charge in [0.2, 0.25) is 0 Å². The van der Waals surface area contributed by atoms with Crippen LogP contribution < -0.4 is 20.0 Å². The molecule has 0 saturated heterocycles. The number of hydrogen-bond acceptors (Lipinski definition) is 8. The van der Waals surface area contributed by atoms with Gasteiger partial charge in [0.25, 0.3) is 11.2 Å². The quantitative estimate of drug-likeness (QED) is 0.336. The topological polar surface area (TPSA) is 127 Å². The number of nitrogens with zero attached hydrogens (tertiary/aromatic N) is 3. The number of benzene rings is 2. The summed E-state index contributed by atoms with van der Waals surface area (Å²) >= 11 is 1.04. The number of methoxy groups -OCH3 is 1. The number of ether oxygens (including phenoxy) is 1. The van der Waals surface area contributed by atoms with Gasteiger partial charge in [-0.05, 0) is 24.1 Å². The van der Waals surface area contributed by atoms with E-state index in [0.717, 1.165) is 29.5 Å². The fourth-order valence-corrected chi connectivity index (χ4v) is 4.58. The smallest absolute Gasteiger partial charge is 0.338 e. The van der Waals surface area contributed by atoms with Crippen LogP contribution in [0.15, 0.2) is 69.6 Å². The monoisotopic (exact) mass is 450 g/mol. The van der Waals surface area contributed by atoms with Crippen molar-refractivity contribution in [2.45, 2.75) is 13.0 Å². The Kier molecular flexibility index (Phi) is 5.45. The summed E-state index contributed by atoms with van der Waals surface area (Å²) in [7, 11) is 1.26. The lowest BCUT2D eigenvalue weighted by atomic mass is 9.96. The predicted octanol–water partition coefficient (Wildman–Crippen LogP) is 1.39. The number of nitro benzene ring substituents is 1. The van der Waals surface area contributed by atoms with Gasteiger partial charge in [-0.3, -0.25) is 19.5 Å². The summed E-state index contributed by atoms with van der Waals surface area (Å²) in [6.45, 7) is 1.66. The molecule has 4 rings (SSSR count). The highest BCUT2D eigenvalue weighted by atomic mass is 32.1. The lowest BCUT2D eigenvalue weighted by Gasteiger charge is -2.24. The normalized spacial score (nSPS) is 15.8. The average Bonchev–Trinajstić information content (AvgIpc) is 3.08. The van der Waals surface area contributed by atoms with Crippen molar-refractivity contribution in [3.05, 3.63) is 101 Å². The van der Waals surface area contributed by atoms with Gasteiger partial charge in [0.05, 0.1) is 33.9 Å². The minimum absolute atomic E-state index is 0.0182. The molecule has 0 amide bonds. The largest absolute Gasteiger partial charge is 0.872 e. The van der Waals surface area contributed by atoms with Crippen LogP contribution >= 0.6 is 11.3 Å². The van der Waals surface area contributed by atoms with Crippen molar-refractivity contribution in [2.24, 2.45) is 4.99 Å². The molecule has 32 heavy (non-hydrogen) atoms. The van der Waals surface area contributed by atoms with Gasteiger partial charge in [-0.25, -0.2) is 9.79 Å². The van der Waals surface area contributed by atoms with Gasteiger partial charge in [-0.1, -0.05) is 47.7 Å². The molecule has 162 valence electrons. The third kappa shape index (κ3) is 3.60. The van der Waals surface area contributed by atoms with Gasteiger partial charge in [0.1, 0.15) is 0 Å². The van der Waals surface area contributed by atoms with Gasteiger partial charge >= 0.3 is 5.97 Å². The standard InChI is InChI=1S/C22H17N3O6S/c1-12-18(21(28)31-2)19(13-6-4-3-5-7-13)24-20(27)17(32-22(24)23-12)11-14-10-15(25(29)30)8-9-16(14)26/h3-11,19,26H,1-2H3/p-1/b17-11-/t19-/m0/s1. The highest BCUT2D eigenvalue weighted by Crippen LogP contribution is 2.30. The number of carbonyl (C=O) groups excluding carboxylic acids is 1. The first kappa shape index (κ1) is 21.2. The molecule has 0 N–H and O–H groups in total. The van der Waals surface area contributed by atoms with Crippen LogP contribution in [-0.4, -0.2) is 22.6 Å². The molecular formula is C22H16N3O6S-. The molecule has 0 unspecified atom stereocenters. The van der Waals surface area contributed by atoms with Crippen molar-refractivity contribution in [3.63, 3.8) is 0 Å². The zero-order valence-corrected chi connectivity index (χ0v) is 17.8. The van der Waals surface area contributed by atoms with Crippen molar-refractivity contribution in [3.8, 4) is 5.75 Å². The number of rotatable bonds is 4. The van der Waals surface area contributed by atoms with E-state index in [2.05, 4.69) is 4.99 Å². The van der Waals surface area contributed by atoms with Crippen LogP contribution in [0.25, 0.3) is 6.08 Å². The predicted molar refractivity (Wildman–Crippen MR) is 115 cm³/mol. The van der Waals surface area contributed by atoms with Crippen LogP contribution in [0, 0.1) is 10.1 Å². The Morgan fingerprint density at radius 3 is 2.62 bits per heavy atom. The van der Waals surface area contributed by atoms with Crippen LogP contribution in [0.1, 0.15) is 24.1 Å². The maximum absolute atomic E-state index is 13.4.